The number of nitrogens with zero attached hydrogens (tertiary/aromatic N) is 1. The molecular formula is C54H33NO2S. The Hall–Kier alpha value is -7.40. The maximum atomic E-state index is 6.49. The van der Waals surface area contributed by atoms with E-state index in [2.05, 4.69) is 187 Å². The molecular weight excluding hydrogens is 727 g/mol. The lowest BCUT2D eigenvalue weighted by atomic mass is 9.98. The van der Waals surface area contributed by atoms with Gasteiger partial charge in [0.15, 0.2) is 0 Å². The Kier molecular flexibility index (Phi) is 7.40. The molecule has 3 aromatic heterocycles. The number of anilines is 3. The largest absolute Gasteiger partial charge is 0.456 e. The maximum absolute atomic E-state index is 6.49. The van der Waals surface area contributed by atoms with Crippen molar-refractivity contribution >= 4 is 92.4 Å². The van der Waals surface area contributed by atoms with Gasteiger partial charge in [0.25, 0.3) is 0 Å². The normalized spacial score (nSPS) is 11.8. The molecule has 0 aliphatic carbocycles. The van der Waals surface area contributed by atoms with Crippen LogP contribution in [0.25, 0.3) is 97.4 Å². The lowest BCUT2D eigenvalue weighted by Gasteiger charge is -2.26. The number of benzene rings is 9. The molecule has 0 saturated carbocycles. The number of furan rings is 2. The molecule has 0 atom stereocenters. The Labute approximate surface area is 338 Å². The third-order valence-corrected chi connectivity index (χ3v) is 12.6. The van der Waals surface area contributed by atoms with Crippen LogP contribution in [0, 0.1) is 0 Å². The molecule has 0 fully saturated rings. The van der Waals surface area contributed by atoms with Gasteiger partial charge in [0.1, 0.15) is 22.3 Å². The van der Waals surface area contributed by atoms with E-state index in [1.54, 1.807) is 0 Å². The average molecular weight is 760 g/mol. The van der Waals surface area contributed by atoms with Gasteiger partial charge in [-0.05, 0) is 101 Å². The minimum absolute atomic E-state index is 0.891. The fourth-order valence-corrected chi connectivity index (χ4v) is 9.82. The van der Waals surface area contributed by atoms with E-state index in [0.29, 0.717) is 0 Å². The van der Waals surface area contributed by atoms with Gasteiger partial charge in [0.2, 0.25) is 0 Å². The van der Waals surface area contributed by atoms with Crippen molar-refractivity contribution in [1.82, 2.24) is 0 Å². The molecule has 9 aromatic carbocycles. The summed E-state index contributed by atoms with van der Waals surface area (Å²) in [5.74, 6) is 0. The zero-order chi connectivity index (χ0) is 38.2. The van der Waals surface area contributed by atoms with Crippen LogP contribution in [-0.2, 0) is 0 Å². The van der Waals surface area contributed by atoms with E-state index in [0.717, 1.165) is 94.3 Å². The molecule has 12 rings (SSSR count). The topological polar surface area (TPSA) is 29.5 Å². The van der Waals surface area contributed by atoms with E-state index in [9.17, 15) is 0 Å². The van der Waals surface area contributed by atoms with Gasteiger partial charge < -0.3 is 13.7 Å². The van der Waals surface area contributed by atoms with Crippen molar-refractivity contribution in [3.8, 4) is 33.4 Å². The molecule has 0 radical (unpaired) electrons. The fourth-order valence-electron chi connectivity index (χ4n) is 8.73. The van der Waals surface area contributed by atoms with Crippen molar-refractivity contribution in [3.05, 3.63) is 200 Å². The Bertz CT molecular complexity index is 3500. The molecule has 0 aliphatic rings. The average Bonchev–Trinajstić information content (AvgIpc) is 3.98. The van der Waals surface area contributed by atoms with E-state index >= 15 is 0 Å². The Balaban J connectivity index is 0.957. The Morgan fingerprint density at radius 1 is 0.328 bits per heavy atom. The summed E-state index contributed by atoms with van der Waals surface area (Å²) in [6.45, 7) is 0. The van der Waals surface area contributed by atoms with Gasteiger partial charge in [-0.2, -0.15) is 0 Å². The summed E-state index contributed by atoms with van der Waals surface area (Å²) in [5, 5.41) is 7.07. The van der Waals surface area contributed by atoms with Crippen molar-refractivity contribution in [2.45, 2.75) is 0 Å². The first-order chi connectivity index (χ1) is 28.7. The number of rotatable bonds is 6. The molecule has 0 N–H and O–H groups in total. The Morgan fingerprint density at radius 3 is 1.78 bits per heavy atom. The smallest absolute Gasteiger partial charge is 0.143 e. The highest BCUT2D eigenvalue weighted by molar-refractivity contribution is 7.25. The van der Waals surface area contributed by atoms with Gasteiger partial charge in [0.05, 0.1) is 0 Å². The highest BCUT2D eigenvalue weighted by Gasteiger charge is 2.18. The molecule has 0 bridgehead atoms. The monoisotopic (exact) mass is 759 g/mol. The van der Waals surface area contributed by atoms with Crippen molar-refractivity contribution in [2.75, 3.05) is 4.90 Å². The quantitative estimate of drug-likeness (QED) is 0.169. The Morgan fingerprint density at radius 2 is 0.931 bits per heavy atom. The van der Waals surface area contributed by atoms with Gasteiger partial charge >= 0.3 is 0 Å². The number of fused-ring (bicyclic) bond motifs is 9. The standard InChI is InChI=1S/C54H33NO2S/c1-2-10-35(11-3-1)42-15-8-16-44-46-32-37(24-30-49(46)57-54(42)44)34-20-25-38(26-21-34)55(40-29-31-52-47(33-40)43-12-5-7-19-51(43)58-52)39-27-22-36(23-28-39)41-14-9-18-50-53(41)45-13-4-6-17-48(45)56-50/h1-33H. The van der Waals surface area contributed by atoms with Crippen LogP contribution in [0.5, 0.6) is 0 Å². The zero-order valence-corrected chi connectivity index (χ0v) is 32.0. The van der Waals surface area contributed by atoms with Crippen LogP contribution in [0.2, 0.25) is 0 Å². The zero-order valence-electron chi connectivity index (χ0n) is 31.2. The fraction of sp³-hybridized carbons (Fsp3) is 0. The summed E-state index contributed by atoms with van der Waals surface area (Å²) < 4.78 is 15.3. The van der Waals surface area contributed by atoms with Crippen LogP contribution in [0.15, 0.2) is 209 Å². The molecule has 272 valence electrons. The predicted molar refractivity (Wildman–Crippen MR) is 245 cm³/mol. The summed E-state index contributed by atoms with van der Waals surface area (Å²) in [5.41, 5.74) is 13.8. The highest BCUT2D eigenvalue weighted by atomic mass is 32.1. The van der Waals surface area contributed by atoms with E-state index in [1.807, 2.05) is 29.5 Å². The van der Waals surface area contributed by atoms with Crippen molar-refractivity contribution in [1.29, 1.82) is 0 Å². The van der Waals surface area contributed by atoms with E-state index in [-0.39, 0.29) is 0 Å². The first kappa shape index (κ1) is 32.8. The van der Waals surface area contributed by atoms with Crippen LogP contribution in [0.1, 0.15) is 0 Å². The number of para-hydroxylation sites is 2. The number of hydrogen-bond donors (Lipinski definition) is 0. The van der Waals surface area contributed by atoms with Crippen LogP contribution in [0.3, 0.4) is 0 Å². The van der Waals surface area contributed by atoms with Crippen LogP contribution >= 0.6 is 11.3 Å². The van der Waals surface area contributed by atoms with Crippen LogP contribution in [-0.4, -0.2) is 0 Å². The van der Waals surface area contributed by atoms with Gasteiger partial charge in [0, 0.05) is 64.3 Å². The first-order valence-electron chi connectivity index (χ1n) is 19.6. The highest BCUT2D eigenvalue weighted by Crippen LogP contribution is 2.43. The van der Waals surface area contributed by atoms with E-state index < -0.39 is 0 Å². The summed E-state index contributed by atoms with van der Waals surface area (Å²) in [6, 6.07) is 71.5. The molecule has 0 saturated heterocycles. The van der Waals surface area contributed by atoms with Crippen LogP contribution < -0.4 is 4.90 Å². The molecule has 3 nitrogen and oxygen atoms in total. The van der Waals surface area contributed by atoms with E-state index in [4.69, 9.17) is 8.83 Å². The second-order valence-corrected chi connectivity index (χ2v) is 15.9. The molecule has 3 heterocycles. The molecule has 0 aliphatic heterocycles. The van der Waals surface area contributed by atoms with Gasteiger partial charge in [-0.1, -0.05) is 127 Å². The third-order valence-electron chi connectivity index (χ3n) is 11.5. The molecule has 0 amide bonds. The van der Waals surface area contributed by atoms with Crippen molar-refractivity contribution < 1.29 is 8.83 Å². The summed E-state index contributed by atoms with van der Waals surface area (Å²) in [7, 11) is 0. The lowest BCUT2D eigenvalue weighted by Crippen LogP contribution is -2.09. The number of thiophene rings is 1. The van der Waals surface area contributed by atoms with Gasteiger partial charge in [-0.3, -0.25) is 0 Å². The first-order valence-corrected chi connectivity index (χ1v) is 20.4. The summed E-state index contributed by atoms with van der Waals surface area (Å²) in [6.07, 6.45) is 0. The molecule has 4 heteroatoms. The molecule has 0 spiro atoms. The lowest BCUT2D eigenvalue weighted by molar-refractivity contribution is 0.669. The number of hydrogen-bond acceptors (Lipinski definition) is 4. The predicted octanol–water partition coefficient (Wildman–Crippen LogP) is 16.3. The molecule has 58 heavy (non-hydrogen) atoms. The summed E-state index contributed by atoms with van der Waals surface area (Å²) in [4.78, 5) is 2.37. The van der Waals surface area contributed by atoms with Crippen molar-refractivity contribution in [3.63, 3.8) is 0 Å². The van der Waals surface area contributed by atoms with E-state index in [1.165, 1.54) is 20.2 Å². The molecule has 0 unspecified atom stereocenters. The minimum atomic E-state index is 0.891. The second kappa shape index (κ2) is 13.1. The minimum Gasteiger partial charge on any atom is -0.456 e. The van der Waals surface area contributed by atoms with Gasteiger partial charge in [-0.25, -0.2) is 0 Å². The van der Waals surface area contributed by atoms with Gasteiger partial charge in [-0.15, -0.1) is 11.3 Å². The van der Waals surface area contributed by atoms with Crippen LogP contribution in [0.4, 0.5) is 17.1 Å². The molecule has 12 aromatic rings. The second-order valence-electron chi connectivity index (χ2n) is 14.8. The maximum Gasteiger partial charge on any atom is 0.143 e. The SMILES string of the molecule is c1ccc(-c2cccc3c2oc2ccc(-c4ccc(N(c5ccc(-c6cccc7oc8ccccc8c67)cc5)c5ccc6sc7ccccc7c6c5)cc4)cc23)cc1. The van der Waals surface area contributed by atoms with Crippen molar-refractivity contribution in [2.24, 2.45) is 0 Å². The third kappa shape index (κ3) is 5.27. The summed E-state index contributed by atoms with van der Waals surface area (Å²) >= 11 is 1.84.